The Labute approximate surface area is 165 Å². The van der Waals surface area contributed by atoms with E-state index in [9.17, 15) is 9.18 Å². The van der Waals surface area contributed by atoms with E-state index in [0.717, 1.165) is 31.7 Å². The van der Waals surface area contributed by atoms with E-state index in [4.69, 9.17) is 0 Å². The average molecular weight is 385 g/mol. The molecule has 0 radical (unpaired) electrons. The van der Waals surface area contributed by atoms with Crippen molar-refractivity contribution in [2.24, 2.45) is 11.8 Å². The van der Waals surface area contributed by atoms with Crippen LogP contribution in [0.5, 0.6) is 0 Å². The Kier molecular flexibility index (Phi) is 5.10. The quantitative estimate of drug-likeness (QED) is 0.813. The number of urea groups is 1. The smallest absolute Gasteiger partial charge is 0.320 e. The van der Waals surface area contributed by atoms with Crippen molar-refractivity contribution in [3.63, 3.8) is 0 Å². The average Bonchev–Trinajstić information content (AvgIpc) is 3.35. The highest BCUT2D eigenvalue weighted by Crippen LogP contribution is 2.45. The van der Waals surface area contributed by atoms with Gasteiger partial charge in [-0.2, -0.15) is 0 Å². The normalized spacial score (nSPS) is 24.6. The molecule has 0 spiro atoms. The summed E-state index contributed by atoms with van der Waals surface area (Å²) in [5, 5.41) is 0. The fourth-order valence-electron chi connectivity index (χ4n) is 4.83. The zero-order chi connectivity index (χ0) is 19.8. The number of benzene rings is 1. The third kappa shape index (κ3) is 3.39. The third-order valence-electron chi connectivity index (χ3n) is 6.08. The van der Waals surface area contributed by atoms with Gasteiger partial charge in [-0.1, -0.05) is 12.1 Å². The molecular weight excluding hydrogens is 357 g/mol. The topological polar surface area (TPSA) is 44.6 Å². The fraction of sp³-hybridized carbons (Fsp3) is 0.524. The summed E-state index contributed by atoms with van der Waals surface area (Å²) in [5.74, 6) is 0.457. The molecule has 2 fully saturated rings. The molecule has 0 aliphatic carbocycles. The zero-order valence-electron chi connectivity index (χ0n) is 16.8. The van der Waals surface area contributed by atoms with Crippen LogP contribution in [-0.4, -0.2) is 64.0 Å². The number of rotatable bonds is 4. The largest absolute Gasteiger partial charge is 0.334 e. The summed E-state index contributed by atoms with van der Waals surface area (Å²) in [6.45, 7) is 6.45. The van der Waals surface area contributed by atoms with E-state index in [2.05, 4.69) is 21.4 Å². The summed E-state index contributed by atoms with van der Waals surface area (Å²) in [6, 6.07) is 6.64. The van der Waals surface area contributed by atoms with Crippen LogP contribution in [0, 0.1) is 17.7 Å². The second-order valence-electron chi connectivity index (χ2n) is 8.12. The molecule has 28 heavy (non-hydrogen) atoms. The van der Waals surface area contributed by atoms with Crippen molar-refractivity contribution in [1.29, 1.82) is 0 Å². The van der Waals surface area contributed by atoms with E-state index in [1.54, 1.807) is 31.1 Å². The minimum absolute atomic E-state index is 0.000675. The number of amides is 2. The van der Waals surface area contributed by atoms with Gasteiger partial charge in [0.15, 0.2) is 0 Å². The molecule has 1 aromatic heterocycles. The summed E-state index contributed by atoms with van der Waals surface area (Å²) in [5.41, 5.74) is 2.11. The number of carbonyl (C=O) groups is 1. The Balaban J connectivity index is 1.57. The number of carbonyl (C=O) groups excluding carboxylic acids is 1. The molecule has 3 atom stereocenters. The molecule has 150 valence electrons. The van der Waals surface area contributed by atoms with Gasteiger partial charge in [0.2, 0.25) is 0 Å². The standard InChI is InChI=1S/C21H28FN5O/c1-4-26-14-23-9-18(26)12-25-10-16-11-27(21(28)24(2)3)20(19(16)13-25)15-6-5-7-17(22)8-15/h5-9,14,16,19-20H,4,10-13H2,1-3H3/t16-,19-,20+/m1/s1. The van der Waals surface area contributed by atoms with Crippen molar-refractivity contribution in [2.45, 2.75) is 26.1 Å². The molecule has 6 nitrogen and oxygen atoms in total. The number of fused-ring (bicyclic) bond motifs is 1. The van der Waals surface area contributed by atoms with E-state index >= 15 is 0 Å². The van der Waals surface area contributed by atoms with Crippen LogP contribution < -0.4 is 0 Å². The maximum atomic E-state index is 13.9. The van der Waals surface area contributed by atoms with E-state index in [0.29, 0.717) is 18.4 Å². The lowest BCUT2D eigenvalue weighted by molar-refractivity contribution is 0.151. The molecule has 2 aromatic rings. The van der Waals surface area contributed by atoms with Crippen LogP contribution in [0.2, 0.25) is 0 Å². The number of aromatic nitrogens is 2. The first-order valence-electron chi connectivity index (χ1n) is 9.92. The predicted molar refractivity (Wildman–Crippen MR) is 105 cm³/mol. The first-order valence-corrected chi connectivity index (χ1v) is 9.92. The SMILES string of the molecule is CCn1cncc1CN1C[C@@H]2CN(C(=O)N(C)C)[C@@H](c3cccc(F)c3)[C@@H]2C1. The number of nitrogens with zero attached hydrogens (tertiary/aromatic N) is 5. The molecule has 1 aromatic carbocycles. The van der Waals surface area contributed by atoms with Crippen molar-refractivity contribution in [1.82, 2.24) is 24.3 Å². The monoisotopic (exact) mass is 385 g/mol. The third-order valence-corrected chi connectivity index (χ3v) is 6.08. The molecule has 3 heterocycles. The number of halogens is 1. The molecule has 4 rings (SSSR count). The number of aryl methyl sites for hydroxylation is 1. The highest BCUT2D eigenvalue weighted by Gasteiger charge is 2.49. The van der Waals surface area contributed by atoms with Gasteiger partial charge in [0, 0.05) is 58.9 Å². The lowest BCUT2D eigenvalue weighted by atomic mass is 9.89. The van der Waals surface area contributed by atoms with Crippen LogP contribution >= 0.6 is 0 Å². The summed E-state index contributed by atoms with van der Waals surface area (Å²) in [6.07, 6.45) is 3.81. The van der Waals surface area contributed by atoms with Crippen LogP contribution in [0.3, 0.4) is 0 Å². The van der Waals surface area contributed by atoms with Gasteiger partial charge in [0.05, 0.1) is 18.1 Å². The molecule has 0 saturated carbocycles. The second kappa shape index (κ2) is 7.54. The maximum Gasteiger partial charge on any atom is 0.320 e. The van der Waals surface area contributed by atoms with Crippen LogP contribution in [0.15, 0.2) is 36.8 Å². The molecule has 7 heteroatoms. The number of hydrogen-bond acceptors (Lipinski definition) is 3. The van der Waals surface area contributed by atoms with Crippen molar-refractivity contribution >= 4 is 6.03 Å². The number of imidazole rings is 1. The molecule has 0 N–H and O–H groups in total. The lowest BCUT2D eigenvalue weighted by Crippen LogP contribution is -2.41. The summed E-state index contributed by atoms with van der Waals surface area (Å²) < 4.78 is 16.1. The Morgan fingerprint density at radius 2 is 2.11 bits per heavy atom. The molecule has 0 unspecified atom stereocenters. The minimum atomic E-state index is -0.250. The van der Waals surface area contributed by atoms with Gasteiger partial charge < -0.3 is 14.4 Å². The van der Waals surface area contributed by atoms with Gasteiger partial charge >= 0.3 is 6.03 Å². The van der Waals surface area contributed by atoms with Crippen molar-refractivity contribution in [2.75, 3.05) is 33.7 Å². The van der Waals surface area contributed by atoms with Crippen LogP contribution in [0.4, 0.5) is 9.18 Å². The van der Waals surface area contributed by atoms with Gasteiger partial charge in [-0.3, -0.25) is 4.90 Å². The van der Waals surface area contributed by atoms with E-state index < -0.39 is 0 Å². The van der Waals surface area contributed by atoms with Gasteiger partial charge in [-0.15, -0.1) is 0 Å². The maximum absolute atomic E-state index is 13.9. The van der Waals surface area contributed by atoms with Gasteiger partial charge in [-0.25, -0.2) is 14.2 Å². The second-order valence-corrected chi connectivity index (χ2v) is 8.12. The fourth-order valence-corrected chi connectivity index (χ4v) is 4.83. The predicted octanol–water partition coefficient (Wildman–Crippen LogP) is 2.83. The van der Waals surface area contributed by atoms with Crippen molar-refractivity contribution in [3.05, 3.63) is 53.9 Å². The van der Waals surface area contributed by atoms with Crippen molar-refractivity contribution in [3.8, 4) is 0 Å². The summed E-state index contributed by atoms with van der Waals surface area (Å²) in [7, 11) is 3.55. The molecule has 2 aliphatic heterocycles. The molecule has 2 aliphatic rings. The van der Waals surface area contributed by atoms with Gasteiger partial charge in [0.1, 0.15) is 5.82 Å². The summed E-state index contributed by atoms with van der Waals surface area (Å²) in [4.78, 5) is 23.1. The van der Waals surface area contributed by atoms with E-state index in [1.807, 2.05) is 23.5 Å². The minimum Gasteiger partial charge on any atom is -0.334 e. The Morgan fingerprint density at radius 3 is 2.82 bits per heavy atom. The number of hydrogen-bond donors (Lipinski definition) is 0. The molecule has 2 amide bonds. The Morgan fingerprint density at radius 1 is 1.29 bits per heavy atom. The van der Waals surface area contributed by atoms with Crippen LogP contribution in [0.25, 0.3) is 0 Å². The van der Waals surface area contributed by atoms with Crippen LogP contribution in [0.1, 0.15) is 24.2 Å². The van der Waals surface area contributed by atoms with Gasteiger partial charge in [0.25, 0.3) is 0 Å². The Hall–Kier alpha value is -2.41. The first-order chi connectivity index (χ1) is 13.5. The highest BCUT2D eigenvalue weighted by molar-refractivity contribution is 5.75. The van der Waals surface area contributed by atoms with E-state index in [1.165, 1.54) is 11.8 Å². The van der Waals surface area contributed by atoms with Crippen LogP contribution in [-0.2, 0) is 13.1 Å². The summed E-state index contributed by atoms with van der Waals surface area (Å²) >= 11 is 0. The highest BCUT2D eigenvalue weighted by atomic mass is 19.1. The van der Waals surface area contributed by atoms with Crippen molar-refractivity contribution < 1.29 is 9.18 Å². The van der Waals surface area contributed by atoms with Gasteiger partial charge in [-0.05, 0) is 30.5 Å². The number of likely N-dealkylation sites (tertiary alicyclic amines) is 2. The molecule has 0 bridgehead atoms. The Bertz CT molecular complexity index is 851. The molecule has 2 saturated heterocycles. The lowest BCUT2D eigenvalue weighted by Gasteiger charge is -2.32. The first kappa shape index (κ1) is 18.9. The van der Waals surface area contributed by atoms with E-state index in [-0.39, 0.29) is 17.9 Å². The zero-order valence-corrected chi connectivity index (χ0v) is 16.8. The molecular formula is C21H28FN5O.